The number of rotatable bonds is 4. The first kappa shape index (κ1) is 20.7. The number of carbonyl (C=O) groups is 1. The number of anilines is 1. The third-order valence-electron chi connectivity index (χ3n) is 6.28. The van der Waals surface area contributed by atoms with Crippen LogP contribution in [0, 0.1) is 0 Å². The fourth-order valence-corrected chi connectivity index (χ4v) is 4.70. The van der Waals surface area contributed by atoms with Crippen molar-refractivity contribution in [1.29, 1.82) is 0 Å². The molecule has 5 rings (SSSR count). The number of allylic oxidation sites excluding steroid dienone is 1. The number of amides is 1. The van der Waals surface area contributed by atoms with Crippen LogP contribution in [0.3, 0.4) is 0 Å². The molecule has 2 aliphatic rings. The summed E-state index contributed by atoms with van der Waals surface area (Å²) in [7, 11) is 0. The van der Waals surface area contributed by atoms with E-state index in [9.17, 15) is 4.79 Å². The second-order valence-corrected chi connectivity index (χ2v) is 8.79. The lowest BCUT2D eigenvalue weighted by molar-refractivity contribution is -0.132. The number of carbonyl (C=O) groups excluding carboxylic acids is 1. The van der Waals surface area contributed by atoms with E-state index in [4.69, 9.17) is 11.6 Å². The molecule has 2 atom stereocenters. The van der Waals surface area contributed by atoms with Crippen molar-refractivity contribution in [2.24, 2.45) is 0 Å². The molecule has 3 aromatic rings. The van der Waals surface area contributed by atoms with E-state index in [1.807, 2.05) is 64.4 Å². The van der Waals surface area contributed by atoms with Gasteiger partial charge in [-0.05, 0) is 65.9 Å². The minimum atomic E-state index is -0.201. The van der Waals surface area contributed by atoms with Crippen LogP contribution in [0.4, 0.5) is 5.95 Å². The largest absolute Gasteiger partial charge is 0.338 e. The maximum atomic E-state index is 13.3. The van der Waals surface area contributed by atoms with Gasteiger partial charge in [0.25, 0.3) is 5.95 Å². The monoisotopic (exact) mass is 448 g/mol. The number of hydrogen-bond acceptors (Lipinski definition) is 5. The van der Waals surface area contributed by atoms with Gasteiger partial charge in [-0.2, -0.15) is 4.68 Å². The SMILES string of the molecule is CC1CCCCN1C(=O)CN1C(c2ccccc2)=CC(c2ccc(Cl)cc2)n2nnnc21. The summed E-state index contributed by atoms with van der Waals surface area (Å²) in [6, 6.07) is 17.8. The number of likely N-dealkylation sites (tertiary alicyclic amines) is 1. The molecular weight excluding hydrogens is 424 g/mol. The van der Waals surface area contributed by atoms with Gasteiger partial charge in [0.15, 0.2) is 0 Å². The zero-order chi connectivity index (χ0) is 22.1. The highest BCUT2D eigenvalue weighted by Crippen LogP contribution is 2.36. The number of piperidine rings is 1. The van der Waals surface area contributed by atoms with Crippen molar-refractivity contribution >= 4 is 29.2 Å². The number of hydrogen-bond donors (Lipinski definition) is 0. The topological polar surface area (TPSA) is 67.2 Å². The number of benzene rings is 2. The maximum Gasteiger partial charge on any atom is 0.251 e. The minimum absolute atomic E-state index is 0.0959. The molecule has 1 saturated heterocycles. The van der Waals surface area contributed by atoms with Crippen LogP contribution in [0.2, 0.25) is 5.02 Å². The van der Waals surface area contributed by atoms with Crippen LogP contribution in [0.1, 0.15) is 43.4 Å². The van der Waals surface area contributed by atoms with Gasteiger partial charge in [0.2, 0.25) is 5.91 Å². The zero-order valence-corrected chi connectivity index (χ0v) is 18.7. The van der Waals surface area contributed by atoms with Gasteiger partial charge < -0.3 is 4.90 Å². The third kappa shape index (κ3) is 3.88. The average Bonchev–Trinajstić information content (AvgIpc) is 3.31. The van der Waals surface area contributed by atoms with E-state index in [1.165, 1.54) is 6.42 Å². The molecule has 1 fully saturated rings. The second-order valence-electron chi connectivity index (χ2n) is 8.36. The number of nitrogens with zero attached hydrogens (tertiary/aromatic N) is 6. The molecule has 0 radical (unpaired) electrons. The van der Waals surface area contributed by atoms with E-state index in [2.05, 4.69) is 28.5 Å². The van der Waals surface area contributed by atoms with Crippen LogP contribution in [0.5, 0.6) is 0 Å². The first-order valence-corrected chi connectivity index (χ1v) is 11.4. The molecule has 0 spiro atoms. The molecule has 0 aliphatic carbocycles. The molecule has 8 heteroatoms. The number of aromatic nitrogens is 4. The number of halogens is 1. The summed E-state index contributed by atoms with van der Waals surface area (Å²) in [5.41, 5.74) is 2.96. The normalized spacial score (nSPS) is 20.6. The fraction of sp³-hybridized carbons (Fsp3) is 0.333. The Hall–Kier alpha value is -3.19. The number of fused-ring (bicyclic) bond motifs is 1. The Bertz CT molecular complexity index is 1130. The van der Waals surface area contributed by atoms with Gasteiger partial charge >= 0.3 is 0 Å². The van der Waals surface area contributed by atoms with E-state index in [0.717, 1.165) is 36.2 Å². The van der Waals surface area contributed by atoms with Crippen molar-refractivity contribution in [2.75, 3.05) is 18.0 Å². The lowest BCUT2D eigenvalue weighted by Gasteiger charge is -2.37. The quantitative estimate of drug-likeness (QED) is 0.599. The minimum Gasteiger partial charge on any atom is -0.338 e. The lowest BCUT2D eigenvalue weighted by Crippen LogP contribution is -2.47. The highest BCUT2D eigenvalue weighted by molar-refractivity contribution is 6.30. The summed E-state index contributed by atoms with van der Waals surface area (Å²) >= 11 is 6.11. The standard InChI is InChI=1S/C24H25ClN6O/c1-17-7-5-6-14-29(17)23(32)16-30-21(18-8-3-2-4-9-18)15-22(31-24(30)26-27-28-31)19-10-12-20(25)13-11-19/h2-4,8-13,15,17,22H,5-7,14,16H2,1H3. The van der Waals surface area contributed by atoms with E-state index in [0.29, 0.717) is 11.0 Å². The summed E-state index contributed by atoms with van der Waals surface area (Å²) in [5.74, 6) is 0.655. The van der Waals surface area contributed by atoms with Gasteiger partial charge in [0.1, 0.15) is 12.6 Å². The van der Waals surface area contributed by atoms with Crippen molar-refractivity contribution in [1.82, 2.24) is 25.1 Å². The Morgan fingerprint density at radius 2 is 1.88 bits per heavy atom. The Morgan fingerprint density at radius 1 is 1.09 bits per heavy atom. The molecular formula is C24H25ClN6O. The van der Waals surface area contributed by atoms with Crippen LogP contribution in [-0.4, -0.2) is 50.1 Å². The Labute approximate surface area is 192 Å². The molecule has 164 valence electrons. The third-order valence-corrected chi connectivity index (χ3v) is 6.54. The Balaban J connectivity index is 1.55. The molecule has 7 nitrogen and oxygen atoms in total. The molecule has 3 heterocycles. The fourth-order valence-electron chi connectivity index (χ4n) is 4.57. The van der Waals surface area contributed by atoms with Gasteiger partial charge in [-0.3, -0.25) is 9.69 Å². The van der Waals surface area contributed by atoms with Crippen LogP contribution in [0.15, 0.2) is 60.7 Å². The lowest BCUT2D eigenvalue weighted by atomic mass is 10.0. The summed E-state index contributed by atoms with van der Waals surface area (Å²) in [6.07, 6.45) is 5.39. The maximum absolute atomic E-state index is 13.3. The molecule has 2 aromatic carbocycles. The predicted octanol–water partition coefficient (Wildman–Crippen LogP) is 4.18. The summed E-state index contributed by atoms with van der Waals surface area (Å²) in [6.45, 7) is 3.12. The van der Waals surface area contributed by atoms with Crippen molar-refractivity contribution in [2.45, 2.75) is 38.3 Å². The summed E-state index contributed by atoms with van der Waals surface area (Å²) in [4.78, 5) is 17.3. The average molecular weight is 449 g/mol. The van der Waals surface area contributed by atoms with Crippen molar-refractivity contribution in [3.05, 3.63) is 76.8 Å². The molecule has 0 saturated carbocycles. The van der Waals surface area contributed by atoms with Crippen LogP contribution in [-0.2, 0) is 4.79 Å². The zero-order valence-electron chi connectivity index (χ0n) is 17.9. The molecule has 0 N–H and O–H groups in total. The second kappa shape index (κ2) is 8.74. The Morgan fingerprint density at radius 3 is 2.62 bits per heavy atom. The summed E-state index contributed by atoms with van der Waals surface area (Å²) < 4.78 is 1.77. The van der Waals surface area contributed by atoms with E-state index in [1.54, 1.807) is 4.68 Å². The first-order valence-electron chi connectivity index (χ1n) is 11.0. The van der Waals surface area contributed by atoms with Crippen molar-refractivity contribution in [3.63, 3.8) is 0 Å². The molecule has 0 bridgehead atoms. The molecule has 1 amide bonds. The van der Waals surface area contributed by atoms with Gasteiger partial charge in [0, 0.05) is 17.6 Å². The summed E-state index contributed by atoms with van der Waals surface area (Å²) in [5, 5.41) is 13.2. The number of tetrazole rings is 1. The van der Waals surface area contributed by atoms with Crippen molar-refractivity contribution in [3.8, 4) is 0 Å². The van der Waals surface area contributed by atoms with Crippen LogP contribution >= 0.6 is 11.6 Å². The van der Waals surface area contributed by atoms with E-state index in [-0.39, 0.29) is 24.5 Å². The molecule has 32 heavy (non-hydrogen) atoms. The van der Waals surface area contributed by atoms with Gasteiger partial charge in [0.05, 0.1) is 5.70 Å². The molecule has 2 unspecified atom stereocenters. The van der Waals surface area contributed by atoms with Crippen LogP contribution < -0.4 is 4.90 Å². The highest BCUT2D eigenvalue weighted by Gasteiger charge is 2.34. The first-order chi connectivity index (χ1) is 15.6. The van der Waals surface area contributed by atoms with E-state index >= 15 is 0 Å². The van der Waals surface area contributed by atoms with Gasteiger partial charge in [-0.25, -0.2) is 0 Å². The van der Waals surface area contributed by atoms with Gasteiger partial charge in [-0.1, -0.05) is 59.2 Å². The van der Waals surface area contributed by atoms with E-state index < -0.39 is 0 Å². The molecule has 2 aliphatic heterocycles. The molecule has 1 aromatic heterocycles. The smallest absolute Gasteiger partial charge is 0.251 e. The van der Waals surface area contributed by atoms with Gasteiger partial charge in [-0.15, -0.1) is 0 Å². The van der Waals surface area contributed by atoms with Crippen LogP contribution in [0.25, 0.3) is 5.70 Å². The Kier molecular flexibility index (Phi) is 5.66. The van der Waals surface area contributed by atoms with Crippen molar-refractivity contribution < 1.29 is 4.79 Å². The highest BCUT2D eigenvalue weighted by atomic mass is 35.5. The predicted molar refractivity (Wildman–Crippen MR) is 124 cm³/mol.